The first-order chi connectivity index (χ1) is 12.1. The average molecular weight is 419 g/mol. The summed E-state index contributed by atoms with van der Waals surface area (Å²) >= 11 is 4.82. The molecule has 3 rings (SSSR count). The quantitative estimate of drug-likeness (QED) is 0.643. The van der Waals surface area contributed by atoms with Gasteiger partial charge >= 0.3 is 0 Å². The molecular weight excluding hydrogens is 404 g/mol. The van der Waals surface area contributed by atoms with Crippen LogP contribution in [0.4, 0.5) is 5.13 Å². The number of nitrogens with one attached hydrogen (secondary N) is 1. The average Bonchev–Trinajstić information content (AvgIpc) is 3.09. The summed E-state index contributed by atoms with van der Waals surface area (Å²) in [6.07, 6.45) is 0. The fourth-order valence-corrected chi connectivity index (χ4v) is 3.33. The number of amides is 1. The van der Waals surface area contributed by atoms with Crippen molar-refractivity contribution >= 4 is 38.3 Å². The van der Waals surface area contributed by atoms with Crippen molar-refractivity contribution < 1.29 is 14.3 Å². The van der Waals surface area contributed by atoms with E-state index in [9.17, 15) is 4.79 Å². The van der Waals surface area contributed by atoms with Gasteiger partial charge in [0.2, 0.25) is 0 Å². The van der Waals surface area contributed by atoms with Gasteiger partial charge in [-0.05, 0) is 24.3 Å². The minimum atomic E-state index is -0.271. The van der Waals surface area contributed by atoms with Crippen molar-refractivity contribution in [1.82, 2.24) is 4.98 Å². The van der Waals surface area contributed by atoms with Crippen molar-refractivity contribution in [3.8, 4) is 22.8 Å². The first-order valence-electron chi connectivity index (χ1n) is 7.35. The lowest BCUT2D eigenvalue weighted by Crippen LogP contribution is -2.12. The zero-order chi connectivity index (χ0) is 17.8. The molecule has 25 heavy (non-hydrogen) atoms. The number of aromatic nitrogens is 1. The zero-order valence-electron chi connectivity index (χ0n) is 13.6. The highest BCUT2D eigenvalue weighted by atomic mass is 79.9. The first kappa shape index (κ1) is 17.4. The van der Waals surface area contributed by atoms with Crippen LogP contribution in [0.5, 0.6) is 11.5 Å². The Morgan fingerprint density at radius 2 is 1.84 bits per heavy atom. The molecule has 1 heterocycles. The van der Waals surface area contributed by atoms with Gasteiger partial charge in [-0.1, -0.05) is 28.1 Å². The standard InChI is InChI=1S/C18H15BrN2O3S/c1-23-14-7-12(8-15(9-14)24-2)17(22)21-18-20-16(10-25-18)11-4-3-5-13(19)6-11/h3-10H,1-2H3,(H,20,21,22). The number of nitrogens with zero attached hydrogens (tertiary/aromatic N) is 1. The fourth-order valence-electron chi connectivity index (χ4n) is 2.22. The minimum absolute atomic E-state index is 0.271. The smallest absolute Gasteiger partial charge is 0.257 e. The van der Waals surface area contributed by atoms with Crippen LogP contribution in [0.2, 0.25) is 0 Å². The lowest BCUT2D eigenvalue weighted by molar-refractivity contribution is 0.102. The van der Waals surface area contributed by atoms with Crippen LogP contribution in [-0.2, 0) is 0 Å². The van der Waals surface area contributed by atoms with Gasteiger partial charge < -0.3 is 9.47 Å². The van der Waals surface area contributed by atoms with Crippen LogP contribution in [0, 0.1) is 0 Å². The van der Waals surface area contributed by atoms with Crippen molar-refractivity contribution in [3.63, 3.8) is 0 Å². The van der Waals surface area contributed by atoms with E-state index in [1.54, 1.807) is 32.4 Å². The molecule has 0 aliphatic rings. The highest BCUT2D eigenvalue weighted by molar-refractivity contribution is 9.10. The Kier molecular flexibility index (Phi) is 5.35. The van der Waals surface area contributed by atoms with Crippen LogP contribution in [0.25, 0.3) is 11.3 Å². The summed E-state index contributed by atoms with van der Waals surface area (Å²) in [5.41, 5.74) is 2.23. The van der Waals surface area contributed by atoms with Crippen LogP contribution >= 0.6 is 27.3 Å². The molecule has 1 N–H and O–H groups in total. The van der Waals surface area contributed by atoms with E-state index in [-0.39, 0.29) is 5.91 Å². The van der Waals surface area contributed by atoms with Crippen LogP contribution in [0.15, 0.2) is 52.3 Å². The highest BCUT2D eigenvalue weighted by Crippen LogP contribution is 2.28. The molecule has 0 unspecified atom stereocenters. The Labute approximate surface area is 157 Å². The van der Waals surface area contributed by atoms with Gasteiger partial charge in [0.1, 0.15) is 11.5 Å². The predicted octanol–water partition coefficient (Wildman–Crippen LogP) is 4.84. The molecule has 0 radical (unpaired) electrons. The molecule has 0 fully saturated rings. The fraction of sp³-hybridized carbons (Fsp3) is 0.111. The number of hydrogen-bond acceptors (Lipinski definition) is 5. The molecule has 5 nitrogen and oxygen atoms in total. The van der Waals surface area contributed by atoms with Crippen molar-refractivity contribution in [2.75, 3.05) is 19.5 Å². The van der Waals surface area contributed by atoms with E-state index in [0.29, 0.717) is 22.2 Å². The van der Waals surface area contributed by atoms with Crippen molar-refractivity contribution in [3.05, 3.63) is 57.9 Å². The Morgan fingerprint density at radius 3 is 2.48 bits per heavy atom. The van der Waals surface area contributed by atoms with Gasteiger partial charge in [-0.15, -0.1) is 11.3 Å². The number of anilines is 1. The molecule has 0 aliphatic heterocycles. The third-order valence-corrected chi connectivity index (χ3v) is 4.71. The maximum Gasteiger partial charge on any atom is 0.257 e. The van der Waals surface area contributed by atoms with Crippen molar-refractivity contribution in [2.24, 2.45) is 0 Å². The number of thiazole rings is 1. The lowest BCUT2D eigenvalue weighted by atomic mass is 10.2. The van der Waals surface area contributed by atoms with Gasteiger partial charge in [0.25, 0.3) is 5.91 Å². The van der Waals surface area contributed by atoms with E-state index < -0.39 is 0 Å². The second kappa shape index (κ2) is 7.67. The van der Waals surface area contributed by atoms with Gasteiger partial charge in [0.15, 0.2) is 5.13 Å². The summed E-state index contributed by atoms with van der Waals surface area (Å²) in [6, 6.07) is 12.9. The zero-order valence-corrected chi connectivity index (χ0v) is 16.0. The lowest BCUT2D eigenvalue weighted by Gasteiger charge is -2.08. The predicted molar refractivity (Wildman–Crippen MR) is 103 cm³/mol. The number of methoxy groups -OCH3 is 2. The number of benzene rings is 2. The minimum Gasteiger partial charge on any atom is -0.497 e. The van der Waals surface area contributed by atoms with Gasteiger partial charge in [0.05, 0.1) is 19.9 Å². The van der Waals surface area contributed by atoms with E-state index in [1.807, 2.05) is 29.6 Å². The summed E-state index contributed by atoms with van der Waals surface area (Å²) in [4.78, 5) is 17.0. The van der Waals surface area contributed by atoms with E-state index in [2.05, 4.69) is 26.2 Å². The monoisotopic (exact) mass is 418 g/mol. The Morgan fingerprint density at radius 1 is 1.12 bits per heavy atom. The molecule has 128 valence electrons. The molecule has 0 aliphatic carbocycles. The molecule has 0 saturated heterocycles. The molecule has 1 amide bonds. The topological polar surface area (TPSA) is 60.5 Å². The molecule has 0 spiro atoms. The molecule has 1 aromatic heterocycles. The van der Waals surface area contributed by atoms with E-state index in [0.717, 1.165) is 15.7 Å². The second-order valence-electron chi connectivity index (χ2n) is 5.10. The SMILES string of the molecule is COc1cc(OC)cc(C(=O)Nc2nc(-c3cccc(Br)c3)cs2)c1. The third-order valence-electron chi connectivity index (χ3n) is 3.46. The molecule has 0 bridgehead atoms. The molecular formula is C18H15BrN2O3S. The summed E-state index contributed by atoms with van der Waals surface area (Å²) in [7, 11) is 3.09. The molecule has 7 heteroatoms. The summed E-state index contributed by atoms with van der Waals surface area (Å²) in [6.45, 7) is 0. The second-order valence-corrected chi connectivity index (χ2v) is 6.88. The van der Waals surface area contributed by atoms with Crippen LogP contribution in [0.3, 0.4) is 0 Å². The van der Waals surface area contributed by atoms with Gasteiger partial charge in [-0.3, -0.25) is 10.1 Å². The van der Waals surface area contributed by atoms with Gasteiger partial charge in [-0.2, -0.15) is 0 Å². The van der Waals surface area contributed by atoms with Crippen LogP contribution in [-0.4, -0.2) is 25.1 Å². The summed E-state index contributed by atoms with van der Waals surface area (Å²) in [5, 5.41) is 5.25. The Hall–Kier alpha value is -2.38. The van der Waals surface area contributed by atoms with E-state index in [1.165, 1.54) is 11.3 Å². The maximum absolute atomic E-state index is 12.5. The van der Waals surface area contributed by atoms with Crippen molar-refractivity contribution in [1.29, 1.82) is 0 Å². The van der Waals surface area contributed by atoms with E-state index in [4.69, 9.17) is 9.47 Å². The Bertz CT molecular complexity index is 889. The molecule has 0 saturated carbocycles. The highest BCUT2D eigenvalue weighted by Gasteiger charge is 2.13. The van der Waals surface area contributed by atoms with Crippen molar-refractivity contribution in [2.45, 2.75) is 0 Å². The molecule has 2 aromatic carbocycles. The maximum atomic E-state index is 12.5. The normalized spacial score (nSPS) is 10.4. The number of halogens is 1. The number of ether oxygens (including phenoxy) is 2. The number of carbonyl (C=O) groups excluding carboxylic acids is 1. The summed E-state index contributed by atoms with van der Waals surface area (Å²) in [5.74, 6) is 0.837. The van der Waals surface area contributed by atoms with Crippen LogP contribution in [0.1, 0.15) is 10.4 Å². The molecule has 3 aromatic rings. The van der Waals surface area contributed by atoms with Gasteiger partial charge in [0, 0.05) is 27.0 Å². The molecule has 0 atom stereocenters. The van der Waals surface area contributed by atoms with Crippen LogP contribution < -0.4 is 14.8 Å². The summed E-state index contributed by atoms with van der Waals surface area (Å²) < 4.78 is 11.4. The Balaban J connectivity index is 1.80. The number of hydrogen-bond donors (Lipinski definition) is 1. The first-order valence-corrected chi connectivity index (χ1v) is 9.02. The largest absolute Gasteiger partial charge is 0.497 e. The third kappa shape index (κ3) is 4.18. The number of carbonyl (C=O) groups is 1. The van der Waals surface area contributed by atoms with E-state index >= 15 is 0 Å². The van der Waals surface area contributed by atoms with Gasteiger partial charge in [-0.25, -0.2) is 4.98 Å². The number of rotatable bonds is 5.